The van der Waals surface area contributed by atoms with E-state index in [0.717, 1.165) is 30.8 Å². The molecule has 25 heavy (non-hydrogen) atoms. The van der Waals surface area contributed by atoms with Crippen LogP contribution in [-0.2, 0) is 17.8 Å². The molecule has 134 valence electrons. The molecule has 2 amide bonds. The summed E-state index contributed by atoms with van der Waals surface area (Å²) in [4.78, 5) is 15.7. The summed E-state index contributed by atoms with van der Waals surface area (Å²) < 4.78 is 13.2. The molecular weight excluding hydrogens is 320 g/mol. The lowest BCUT2D eigenvalue weighted by Gasteiger charge is -2.12. The maximum absolute atomic E-state index is 11.8. The second-order valence-corrected chi connectivity index (χ2v) is 6.00. The lowest BCUT2D eigenvalue weighted by molar-refractivity contribution is 0.0679. The molecule has 1 aromatic heterocycles. The van der Waals surface area contributed by atoms with E-state index in [1.54, 1.807) is 12.5 Å². The molecule has 1 aromatic carbocycles. The van der Waals surface area contributed by atoms with Gasteiger partial charge in [-0.2, -0.15) is 0 Å². The van der Waals surface area contributed by atoms with Gasteiger partial charge < -0.3 is 24.7 Å². The number of carbonyl (C=O) groups excluding carboxylic acids is 1. The number of nitrogens with zero attached hydrogens (tertiary/aromatic N) is 2. The highest BCUT2D eigenvalue weighted by atomic mass is 16.5. The van der Waals surface area contributed by atoms with Crippen molar-refractivity contribution in [3.63, 3.8) is 0 Å². The Labute approximate surface area is 147 Å². The van der Waals surface area contributed by atoms with Crippen LogP contribution in [0.25, 0.3) is 0 Å². The van der Waals surface area contributed by atoms with Crippen LogP contribution in [0.2, 0.25) is 0 Å². The average molecular weight is 344 g/mol. The molecule has 2 N–H and O–H groups in total. The zero-order valence-electron chi connectivity index (χ0n) is 14.2. The Kier molecular flexibility index (Phi) is 6.28. The molecule has 2 aromatic rings. The number of rotatable bonds is 8. The van der Waals surface area contributed by atoms with Crippen molar-refractivity contribution in [1.82, 2.24) is 20.2 Å². The van der Waals surface area contributed by atoms with E-state index in [-0.39, 0.29) is 12.1 Å². The summed E-state index contributed by atoms with van der Waals surface area (Å²) in [5.41, 5.74) is 1.02. The van der Waals surface area contributed by atoms with E-state index in [0.29, 0.717) is 26.2 Å². The minimum atomic E-state index is -0.182. The van der Waals surface area contributed by atoms with E-state index in [4.69, 9.17) is 9.47 Å². The van der Waals surface area contributed by atoms with Gasteiger partial charge in [-0.3, -0.25) is 0 Å². The molecule has 7 nitrogen and oxygen atoms in total. The second-order valence-electron chi connectivity index (χ2n) is 6.00. The molecule has 1 saturated heterocycles. The van der Waals surface area contributed by atoms with E-state index < -0.39 is 0 Å². The Hall–Kier alpha value is -2.54. The molecule has 0 radical (unpaired) electrons. The van der Waals surface area contributed by atoms with E-state index in [1.807, 2.05) is 35.0 Å². The largest absolute Gasteiger partial charge is 0.491 e. The van der Waals surface area contributed by atoms with Crippen LogP contribution in [0.4, 0.5) is 4.79 Å². The standard InChI is InChI=1S/C18H24N4O3/c23-18(20-8-10-22-9-7-19-14-22)21-12-15-3-5-16(6-4-15)25-13-17-2-1-11-24-17/h3-7,9,14,17H,1-2,8,10-13H2,(H2,20,21,23)/t17-/m1/s1. The number of carbonyl (C=O) groups is 1. The van der Waals surface area contributed by atoms with Crippen molar-refractivity contribution >= 4 is 6.03 Å². The average Bonchev–Trinajstić information content (AvgIpc) is 3.33. The van der Waals surface area contributed by atoms with Crippen LogP contribution in [0, 0.1) is 0 Å². The van der Waals surface area contributed by atoms with Crippen LogP contribution in [0.1, 0.15) is 18.4 Å². The molecular formula is C18H24N4O3. The van der Waals surface area contributed by atoms with Gasteiger partial charge in [0.25, 0.3) is 0 Å². The predicted octanol–water partition coefficient (Wildman–Crippen LogP) is 1.94. The van der Waals surface area contributed by atoms with E-state index in [2.05, 4.69) is 15.6 Å². The second kappa shape index (κ2) is 9.08. The first-order chi connectivity index (χ1) is 12.3. The first kappa shape index (κ1) is 17.3. The quantitative estimate of drug-likeness (QED) is 0.767. The van der Waals surface area contributed by atoms with Gasteiger partial charge in [0.1, 0.15) is 12.4 Å². The number of urea groups is 1. The maximum Gasteiger partial charge on any atom is 0.315 e. The summed E-state index contributed by atoms with van der Waals surface area (Å²) >= 11 is 0. The molecule has 0 bridgehead atoms. The lowest BCUT2D eigenvalue weighted by Crippen LogP contribution is -2.36. The fourth-order valence-electron chi connectivity index (χ4n) is 2.63. The monoisotopic (exact) mass is 344 g/mol. The van der Waals surface area contributed by atoms with Crippen molar-refractivity contribution in [2.45, 2.75) is 32.0 Å². The van der Waals surface area contributed by atoms with Crippen LogP contribution in [0.3, 0.4) is 0 Å². The highest BCUT2D eigenvalue weighted by Gasteiger charge is 2.15. The zero-order chi connectivity index (χ0) is 17.3. The summed E-state index contributed by atoms with van der Waals surface area (Å²) in [6, 6.07) is 7.57. The van der Waals surface area contributed by atoms with E-state index >= 15 is 0 Å². The lowest BCUT2D eigenvalue weighted by atomic mass is 10.2. The van der Waals surface area contributed by atoms with Crippen molar-refractivity contribution in [1.29, 1.82) is 0 Å². The smallest absolute Gasteiger partial charge is 0.315 e. The van der Waals surface area contributed by atoms with Crippen LogP contribution < -0.4 is 15.4 Å². The van der Waals surface area contributed by atoms with Gasteiger partial charge in [0.2, 0.25) is 0 Å². The number of aromatic nitrogens is 2. The molecule has 2 heterocycles. The molecule has 1 aliphatic rings. The number of imidazole rings is 1. The molecule has 1 atom stereocenters. The first-order valence-electron chi connectivity index (χ1n) is 8.60. The van der Waals surface area contributed by atoms with Crippen molar-refractivity contribution in [3.8, 4) is 5.75 Å². The molecule has 0 spiro atoms. The Bertz CT molecular complexity index is 637. The van der Waals surface area contributed by atoms with E-state index in [9.17, 15) is 4.79 Å². The van der Waals surface area contributed by atoms with Gasteiger partial charge in [-0.05, 0) is 30.5 Å². The van der Waals surface area contributed by atoms with Crippen molar-refractivity contribution in [2.24, 2.45) is 0 Å². The molecule has 0 aliphatic carbocycles. The molecule has 1 aliphatic heterocycles. The Morgan fingerprint density at radius 2 is 2.20 bits per heavy atom. The summed E-state index contributed by atoms with van der Waals surface area (Å²) in [7, 11) is 0. The molecule has 0 saturated carbocycles. The number of nitrogens with one attached hydrogen (secondary N) is 2. The SMILES string of the molecule is O=C(NCCn1ccnc1)NCc1ccc(OC[C@H]2CCCO2)cc1. The highest BCUT2D eigenvalue weighted by Crippen LogP contribution is 2.16. The molecule has 1 fully saturated rings. The Morgan fingerprint density at radius 1 is 1.32 bits per heavy atom. The Balaban J connectivity index is 1.32. The van der Waals surface area contributed by atoms with Gasteiger partial charge >= 0.3 is 6.03 Å². The van der Waals surface area contributed by atoms with Crippen LogP contribution in [0.15, 0.2) is 43.0 Å². The summed E-state index contributed by atoms with van der Waals surface area (Å²) in [6.45, 7) is 3.16. The van der Waals surface area contributed by atoms with Crippen LogP contribution in [-0.4, -0.2) is 41.4 Å². The van der Waals surface area contributed by atoms with Gasteiger partial charge in [0, 0.05) is 38.6 Å². The first-order valence-corrected chi connectivity index (χ1v) is 8.60. The number of hydrogen-bond donors (Lipinski definition) is 2. The number of amides is 2. The fourth-order valence-corrected chi connectivity index (χ4v) is 2.63. The summed E-state index contributed by atoms with van der Waals surface area (Å²) in [5, 5.41) is 5.66. The van der Waals surface area contributed by atoms with Gasteiger partial charge in [0.15, 0.2) is 0 Å². The Morgan fingerprint density at radius 3 is 2.92 bits per heavy atom. The number of hydrogen-bond acceptors (Lipinski definition) is 4. The zero-order valence-corrected chi connectivity index (χ0v) is 14.2. The fraction of sp³-hybridized carbons (Fsp3) is 0.444. The van der Waals surface area contributed by atoms with Crippen molar-refractivity contribution in [3.05, 3.63) is 48.5 Å². The predicted molar refractivity (Wildman–Crippen MR) is 93.4 cm³/mol. The van der Waals surface area contributed by atoms with Crippen molar-refractivity contribution < 1.29 is 14.3 Å². The minimum absolute atomic E-state index is 0.182. The molecule has 3 rings (SSSR count). The van der Waals surface area contributed by atoms with E-state index in [1.165, 1.54) is 0 Å². The maximum atomic E-state index is 11.8. The third kappa shape index (κ3) is 5.79. The van der Waals surface area contributed by atoms with Crippen LogP contribution >= 0.6 is 0 Å². The third-order valence-electron chi connectivity index (χ3n) is 4.05. The molecule has 0 unspecified atom stereocenters. The third-order valence-corrected chi connectivity index (χ3v) is 4.05. The normalized spacial score (nSPS) is 16.6. The summed E-state index contributed by atoms with van der Waals surface area (Å²) in [5.74, 6) is 0.823. The van der Waals surface area contributed by atoms with Crippen molar-refractivity contribution in [2.75, 3.05) is 19.8 Å². The van der Waals surface area contributed by atoms with Gasteiger partial charge in [0.05, 0.1) is 12.4 Å². The highest BCUT2D eigenvalue weighted by molar-refractivity contribution is 5.73. The van der Waals surface area contributed by atoms with Gasteiger partial charge in [-0.25, -0.2) is 9.78 Å². The number of benzene rings is 1. The summed E-state index contributed by atoms with van der Waals surface area (Å²) in [6.07, 6.45) is 7.70. The van der Waals surface area contributed by atoms with Crippen LogP contribution in [0.5, 0.6) is 5.75 Å². The topological polar surface area (TPSA) is 77.4 Å². The minimum Gasteiger partial charge on any atom is -0.491 e. The molecule has 7 heteroatoms. The van der Waals surface area contributed by atoms with Gasteiger partial charge in [-0.1, -0.05) is 12.1 Å². The van der Waals surface area contributed by atoms with Gasteiger partial charge in [-0.15, -0.1) is 0 Å². The number of ether oxygens (including phenoxy) is 2.